The summed E-state index contributed by atoms with van der Waals surface area (Å²) < 4.78 is 0. The SMILES string of the molecule is CC(C)c1ccc(SCC(=O)N2CCC(N3CCNCC3)C2)cc1.Cl. The quantitative estimate of drug-likeness (QED) is 0.793. The molecule has 3 rings (SSSR count). The monoisotopic (exact) mass is 383 g/mol. The maximum atomic E-state index is 12.5. The molecule has 2 aliphatic heterocycles. The van der Waals surface area contributed by atoms with E-state index in [0.717, 1.165) is 45.7 Å². The lowest BCUT2D eigenvalue weighted by Gasteiger charge is -2.32. The van der Waals surface area contributed by atoms with Crippen LogP contribution in [0.15, 0.2) is 29.2 Å². The van der Waals surface area contributed by atoms with E-state index in [2.05, 4.69) is 53.2 Å². The number of nitrogens with zero attached hydrogens (tertiary/aromatic N) is 2. The smallest absolute Gasteiger partial charge is 0.232 e. The summed E-state index contributed by atoms with van der Waals surface area (Å²) in [5.41, 5.74) is 1.35. The zero-order chi connectivity index (χ0) is 16.9. The van der Waals surface area contributed by atoms with Crippen LogP contribution in [-0.4, -0.2) is 66.8 Å². The molecule has 25 heavy (non-hydrogen) atoms. The zero-order valence-corrected chi connectivity index (χ0v) is 16.9. The number of benzene rings is 1. The Morgan fingerprint density at radius 2 is 1.88 bits per heavy atom. The van der Waals surface area contributed by atoms with Crippen molar-refractivity contribution in [3.05, 3.63) is 29.8 Å². The van der Waals surface area contributed by atoms with Crippen LogP contribution in [0.1, 0.15) is 31.7 Å². The first-order valence-electron chi connectivity index (χ1n) is 9.09. The van der Waals surface area contributed by atoms with Gasteiger partial charge < -0.3 is 10.2 Å². The molecule has 1 aromatic rings. The molecule has 2 fully saturated rings. The number of rotatable bonds is 5. The molecule has 140 valence electrons. The van der Waals surface area contributed by atoms with Crippen molar-refractivity contribution in [2.24, 2.45) is 0 Å². The fourth-order valence-corrected chi connectivity index (χ4v) is 4.30. The average Bonchev–Trinajstić information content (AvgIpc) is 3.11. The van der Waals surface area contributed by atoms with Gasteiger partial charge in [0.05, 0.1) is 5.75 Å². The number of carbonyl (C=O) groups excluding carboxylic acids is 1. The van der Waals surface area contributed by atoms with Crippen LogP contribution in [0.5, 0.6) is 0 Å². The third-order valence-electron chi connectivity index (χ3n) is 5.09. The van der Waals surface area contributed by atoms with Crippen LogP contribution in [0.2, 0.25) is 0 Å². The lowest BCUT2D eigenvalue weighted by molar-refractivity contribution is -0.127. The Hall–Kier alpha value is -0.750. The minimum atomic E-state index is 0. The maximum Gasteiger partial charge on any atom is 0.232 e. The van der Waals surface area contributed by atoms with Crippen LogP contribution in [0.4, 0.5) is 0 Å². The van der Waals surface area contributed by atoms with Crippen molar-refractivity contribution in [1.82, 2.24) is 15.1 Å². The maximum absolute atomic E-state index is 12.5. The van der Waals surface area contributed by atoms with Gasteiger partial charge in [0.25, 0.3) is 0 Å². The second-order valence-corrected chi connectivity index (χ2v) is 8.13. The molecule has 0 bridgehead atoms. The molecule has 2 saturated heterocycles. The Kier molecular flexibility index (Phi) is 8.07. The van der Waals surface area contributed by atoms with Crippen molar-refractivity contribution in [2.75, 3.05) is 45.0 Å². The molecule has 1 unspecified atom stereocenters. The van der Waals surface area contributed by atoms with E-state index in [9.17, 15) is 4.79 Å². The Labute approximate surface area is 162 Å². The van der Waals surface area contributed by atoms with E-state index < -0.39 is 0 Å². The molecule has 1 aromatic carbocycles. The summed E-state index contributed by atoms with van der Waals surface area (Å²) in [6, 6.07) is 9.19. The van der Waals surface area contributed by atoms with E-state index in [1.54, 1.807) is 11.8 Å². The molecule has 2 aliphatic rings. The molecule has 0 spiro atoms. The predicted octanol–water partition coefficient (Wildman–Crippen LogP) is 2.83. The van der Waals surface area contributed by atoms with Crippen LogP contribution in [0.25, 0.3) is 0 Å². The van der Waals surface area contributed by atoms with Crippen molar-refractivity contribution in [1.29, 1.82) is 0 Å². The lowest BCUT2D eigenvalue weighted by atomic mass is 10.0. The second-order valence-electron chi connectivity index (χ2n) is 7.08. The standard InChI is InChI=1S/C19H29N3OS.ClH/c1-15(2)16-3-5-18(6-4-16)24-14-19(23)22-10-7-17(13-22)21-11-8-20-9-12-21;/h3-6,15,17,20H,7-14H2,1-2H3;1H. The highest BCUT2D eigenvalue weighted by Crippen LogP contribution is 2.23. The number of amides is 1. The summed E-state index contributed by atoms with van der Waals surface area (Å²) in [6.07, 6.45) is 1.12. The van der Waals surface area contributed by atoms with Gasteiger partial charge in [0.1, 0.15) is 0 Å². The minimum absolute atomic E-state index is 0. The first-order chi connectivity index (χ1) is 11.6. The molecule has 2 heterocycles. The average molecular weight is 384 g/mol. The van der Waals surface area contributed by atoms with Crippen molar-refractivity contribution < 1.29 is 4.79 Å². The summed E-state index contributed by atoms with van der Waals surface area (Å²) in [6.45, 7) is 10.6. The van der Waals surface area contributed by atoms with E-state index in [1.165, 1.54) is 10.5 Å². The molecule has 0 saturated carbocycles. The van der Waals surface area contributed by atoms with E-state index in [1.807, 2.05) is 0 Å². The fourth-order valence-electron chi connectivity index (χ4n) is 3.50. The van der Waals surface area contributed by atoms with Gasteiger partial charge in [0.15, 0.2) is 0 Å². The largest absolute Gasteiger partial charge is 0.340 e. The summed E-state index contributed by atoms with van der Waals surface area (Å²) >= 11 is 1.66. The molecule has 6 heteroatoms. The van der Waals surface area contributed by atoms with E-state index in [4.69, 9.17) is 0 Å². The lowest BCUT2D eigenvalue weighted by Crippen LogP contribution is -2.49. The third-order valence-corrected chi connectivity index (χ3v) is 6.09. The van der Waals surface area contributed by atoms with E-state index in [0.29, 0.717) is 17.7 Å². The van der Waals surface area contributed by atoms with Crippen molar-refractivity contribution in [3.8, 4) is 0 Å². The first-order valence-corrected chi connectivity index (χ1v) is 10.1. The zero-order valence-electron chi connectivity index (χ0n) is 15.2. The number of halogens is 1. The van der Waals surface area contributed by atoms with Gasteiger partial charge in [-0.2, -0.15) is 0 Å². The van der Waals surface area contributed by atoms with E-state index >= 15 is 0 Å². The van der Waals surface area contributed by atoms with Crippen LogP contribution >= 0.6 is 24.2 Å². The molecule has 0 aliphatic carbocycles. The summed E-state index contributed by atoms with van der Waals surface area (Å²) in [5, 5.41) is 3.40. The topological polar surface area (TPSA) is 35.6 Å². The number of hydrogen-bond acceptors (Lipinski definition) is 4. The van der Waals surface area contributed by atoms with Crippen LogP contribution in [0.3, 0.4) is 0 Å². The van der Waals surface area contributed by atoms with Crippen LogP contribution in [-0.2, 0) is 4.79 Å². The first kappa shape index (κ1) is 20.6. The molecule has 4 nitrogen and oxygen atoms in total. The van der Waals surface area contributed by atoms with E-state index in [-0.39, 0.29) is 18.3 Å². The van der Waals surface area contributed by atoms with Gasteiger partial charge in [-0.15, -0.1) is 24.2 Å². The molecule has 0 aromatic heterocycles. The highest BCUT2D eigenvalue weighted by Gasteiger charge is 2.30. The Morgan fingerprint density at radius 1 is 1.20 bits per heavy atom. The van der Waals surface area contributed by atoms with Gasteiger partial charge in [-0.1, -0.05) is 26.0 Å². The molecule has 1 N–H and O–H groups in total. The number of hydrogen-bond donors (Lipinski definition) is 1. The number of likely N-dealkylation sites (tertiary alicyclic amines) is 1. The number of carbonyl (C=O) groups is 1. The molecular weight excluding hydrogens is 354 g/mol. The molecule has 1 amide bonds. The predicted molar refractivity (Wildman–Crippen MR) is 108 cm³/mol. The third kappa shape index (κ3) is 5.61. The van der Waals surface area contributed by atoms with Gasteiger partial charge >= 0.3 is 0 Å². The normalized spacial score (nSPS) is 21.4. The number of piperazine rings is 1. The number of nitrogens with one attached hydrogen (secondary N) is 1. The van der Waals surface area contributed by atoms with Crippen LogP contribution < -0.4 is 5.32 Å². The fraction of sp³-hybridized carbons (Fsp3) is 0.632. The highest BCUT2D eigenvalue weighted by atomic mass is 35.5. The van der Waals surface area contributed by atoms with Crippen molar-refractivity contribution in [2.45, 2.75) is 37.1 Å². The van der Waals surface area contributed by atoms with Crippen molar-refractivity contribution in [3.63, 3.8) is 0 Å². The second kappa shape index (κ2) is 9.81. The van der Waals surface area contributed by atoms with Crippen molar-refractivity contribution >= 4 is 30.1 Å². The van der Waals surface area contributed by atoms with Gasteiger partial charge in [-0.25, -0.2) is 0 Å². The van der Waals surface area contributed by atoms with Gasteiger partial charge in [-0.3, -0.25) is 9.69 Å². The summed E-state index contributed by atoms with van der Waals surface area (Å²) in [7, 11) is 0. The number of thioether (sulfide) groups is 1. The van der Waals surface area contributed by atoms with Gasteiger partial charge in [0, 0.05) is 50.2 Å². The summed E-state index contributed by atoms with van der Waals surface area (Å²) in [4.78, 5) is 18.3. The molecular formula is C19H30ClN3OS. The molecule has 0 radical (unpaired) electrons. The van der Waals surface area contributed by atoms with Gasteiger partial charge in [0.2, 0.25) is 5.91 Å². The molecule has 1 atom stereocenters. The minimum Gasteiger partial charge on any atom is -0.340 e. The van der Waals surface area contributed by atoms with Gasteiger partial charge in [-0.05, 0) is 30.0 Å². The summed E-state index contributed by atoms with van der Waals surface area (Å²) in [5.74, 6) is 1.39. The highest BCUT2D eigenvalue weighted by molar-refractivity contribution is 8.00. The van der Waals surface area contributed by atoms with Crippen LogP contribution in [0, 0.1) is 0 Å². The Morgan fingerprint density at radius 3 is 2.52 bits per heavy atom. The Balaban J connectivity index is 0.00000225. The Bertz CT molecular complexity index is 546.